The Morgan fingerprint density at radius 2 is 1.46 bits per heavy atom. The average molecular weight is 375 g/mol. The summed E-state index contributed by atoms with van der Waals surface area (Å²) < 4.78 is 10.3. The molecule has 142 valence electrons. The van der Waals surface area contributed by atoms with Crippen LogP contribution >= 0.6 is 0 Å². The second kappa shape index (κ2) is 9.37. The van der Waals surface area contributed by atoms with Gasteiger partial charge in [-0.25, -0.2) is 0 Å². The molecule has 1 N–H and O–H groups in total. The Labute approximate surface area is 163 Å². The molecule has 1 amide bonds. The molecule has 3 aromatic rings. The van der Waals surface area contributed by atoms with E-state index in [1.54, 1.807) is 31.4 Å². The monoisotopic (exact) mass is 375 g/mol. The molecule has 0 aliphatic heterocycles. The van der Waals surface area contributed by atoms with E-state index < -0.39 is 5.97 Å². The Morgan fingerprint density at radius 3 is 2.11 bits per heavy atom. The number of amides is 1. The fraction of sp³-hybridized carbons (Fsp3) is 0.130. The summed E-state index contributed by atoms with van der Waals surface area (Å²) in [6.07, 6.45) is 0. The van der Waals surface area contributed by atoms with Crippen molar-refractivity contribution in [2.45, 2.75) is 6.61 Å². The van der Waals surface area contributed by atoms with Crippen LogP contribution in [0.15, 0.2) is 78.9 Å². The number of esters is 1. The fourth-order valence-corrected chi connectivity index (χ4v) is 2.64. The zero-order valence-corrected chi connectivity index (χ0v) is 15.6. The molecule has 0 saturated carbocycles. The lowest BCUT2D eigenvalue weighted by atomic mass is 10.0. The van der Waals surface area contributed by atoms with Crippen molar-refractivity contribution in [3.05, 3.63) is 90.0 Å². The number of carbonyl (C=O) groups excluding carboxylic acids is 2. The van der Waals surface area contributed by atoms with Crippen LogP contribution in [-0.2, 0) is 16.1 Å². The highest BCUT2D eigenvalue weighted by Crippen LogP contribution is 2.19. The second-order valence-electron chi connectivity index (χ2n) is 6.13. The van der Waals surface area contributed by atoms with Crippen LogP contribution in [0.1, 0.15) is 15.9 Å². The number of ether oxygens (including phenoxy) is 2. The largest absolute Gasteiger partial charge is 0.497 e. The van der Waals surface area contributed by atoms with Crippen LogP contribution in [0.3, 0.4) is 0 Å². The first kappa shape index (κ1) is 19.2. The number of carbonyl (C=O) groups is 2. The SMILES string of the molecule is COc1ccc(C(=O)NCC(=O)OCc2ccc(-c3ccccc3)cc2)cc1. The Balaban J connectivity index is 1.45. The van der Waals surface area contributed by atoms with E-state index in [1.807, 2.05) is 54.6 Å². The third kappa shape index (κ3) is 5.20. The van der Waals surface area contributed by atoms with Crippen LogP contribution in [0.4, 0.5) is 0 Å². The lowest BCUT2D eigenvalue weighted by molar-refractivity contribution is -0.143. The van der Waals surface area contributed by atoms with Crippen molar-refractivity contribution in [3.63, 3.8) is 0 Å². The van der Waals surface area contributed by atoms with Gasteiger partial charge in [0.2, 0.25) is 0 Å². The summed E-state index contributed by atoms with van der Waals surface area (Å²) in [5, 5.41) is 2.55. The van der Waals surface area contributed by atoms with Gasteiger partial charge in [-0.05, 0) is 41.0 Å². The van der Waals surface area contributed by atoms with Crippen molar-refractivity contribution in [3.8, 4) is 16.9 Å². The second-order valence-corrected chi connectivity index (χ2v) is 6.13. The molecule has 0 unspecified atom stereocenters. The summed E-state index contributed by atoms with van der Waals surface area (Å²) in [7, 11) is 1.56. The molecule has 0 saturated heterocycles. The van der Waals surface area contributed by atoms with E-state index in [4.69, 9.17) is 9.47 Å². The first-order chi connectivity index (χ1) is 13.7. The highest BCUT2D eigenvalue weighted by atomic mass is 16.5. The van der Waals surface area contributed by atoms with Gasteiger partial charge in [-0.2, -0.15) is 0 Å². The molecule has 0 aliphatic rings. The fourth-order valence-electron chi connectivity index (χ4n) is 2.64. The predicted octanol–water partition coefficient (Wildman–Crippen LogP) is 3.84. The van der Waals surface area contributed by atoms with Crippen LogP contribution in [-0.4, -0.2) is 25.5 Å². The van der Waals surface area contributed by atoms with Gasteiger partial charge in [0.05, 0.1) is 7.11 Å². The number of hydrogen-bond acceptors (Lipinski definition) is 4. The smallest absolute Gasteiger partial charge is 0.325 e. The van der Waals surface area contributed by atoms with Gasteiger partial charge in [-0.1, -0.05) is 54.6 Å². The minimum Gasteiger partial charge on any atom is -0.497 e. The van der Waals surface area contributed by atoms with Gasteiger partial charge >= 0.3 is 5.97 Å². The molecule has 28 heavy (non-hydrogen) atoms. The number of methoxy groups -OCH3 is 1. The summed E-state index contributed by atoms with van der Waals surface area (Å²) in [5.74, 6) is -0.171. The Hall–Kier alpha value is -3.60. The normalized spacial score (nSPS) is 10.2. The van der Waals surface area contributed by atoms with Crippen LogP contribution in [0.5, 0.6) is 5.75 Å². The molecule has 0 radical (unpaired) electrons. The average Bonchev–Trinajstić information content (AvgIpc) is 2.77. The van der Waals surface area contributed by atoms with E-state index in [1.165, 1.54) is 0 Å². The van der Waals surface area contributed by atoms with E-state index in [2.05, 4.69) is 5.32 Å². The first-order valence-electron chi connectivity index (χ1n) is 8.88. The molecule has 0 atom stereocenters. The maximum atomic E-state index is 12.0. The van der Waals surface area contributed by atoms with Crippen molar-refractivity contribution in [1.82, 2.24) is 5.32 Å². The zero-order valence-electron chi connectivity index (χ0n) is 15.6. The molecule has 3 aromatic carbocycles. The third-order valence-corrected chi connectivity index (χ3v) is 4.21. The third-order valence-electron chi connectivity index (χ3n) is 4.21. The summed E-state index contributed by atoms with van der Waals surface area (Å²) in [5.41, 5.74) is 3.56. The Morgan fingerprint density at radius 1 is 0.821 bits per heavy atom. The summed E-state index contributed by atoms with van der Waals surface area (Å²) in [4.78, 5) is 23.9. The van der Waals surface area contributed by atoms with Gasteiger partial charge in [0.15, 0.2) is 0 Å². The van der Waals surface area contributed by atoms with Gasteiger partial charge in [0, 0.05) is 5.56 Å². The van der Waals surface area contributed by atoms with Gasteiger partial charge < -0.3 is 14.8 Å². The van der Waals surface area contributed by atoms with Crippen LogP contribution in [0.25, 0.3) is 11.1 Å². The van der Waals surface area contributed by atoms with E-state index in [-0.39, 0.29) is 19.1 Å². The van der Waals surface area contributed by atoms with Crippen molar-refractivity contribution in [2.24, 2.45) is 0 Å². The quantitative estimate of drug-likeness (QED) is 0.638. The highest BCUT2D eigenvalue weighted by Gasteiger charge is 2.09. The number of benzene rings is 3. The molecule has 5 nitrogen and oxygen atoms in total. The van der Waals surface area contributed by atoms with Gasteiger partial charge in [0.25, 0.3) is 5.91 Å². The van der Waals surface area contributed by atoms with E-state index in [9.17, 15) is 9.59 Å². The molecule has 0 bridgehead atoms. The van der Waals surface area contributed by atoms with Crippen molar-refractivity contribution >= 4 is 11.9 Å². The summed E-state index contributed by atoms with van der Waals surface area (Å²) >= 11 is 0. The topological polar surface area (TPSA) is 64.6 Å². The first-order valence-corrected chi connectivity index (χ1v) is 8.88. The standard InChI is InChI=1S/C23H21NO4/c1-27-21-13-11-20(12-14-21)23(26)24-15-22(25)28-16-17-7-9-19(10-8-17)18-5-3-2-4-6-18/h2-14H,15-16H2,1H3,(H,24,26). The molecular formula is C23H21NO4. The Kier molecular flexibility index (Phi) is 6.41. The summed E-state index contributed by atoms with van der Waals surface area (Å²) in [6, 6.07) is 24.5. The van der Waals surface area contributed by atoms with Gasteiger partial charge in [0.1, 0.15) is 18.9 Å². The number of hydrogen-bond donors (Lipinski definition) is 1. The lowest BCUT2D eigenvalue weighted by Gasteiger charge is -2.08. The van der Waals surface area contributed by atoms with Gasteiger partial charge in [-0.15, -0.1) is 0 Å². The van der Waals surface area contributed by atoms with Crippen molar-refractivity contribution in [1.29, 1.82) is 0 Å². The molecule has 0 spiro atoms. The van der Waals surface area contributed by atoms with Crippen molar-refractivity contribution < 1.29 is 19.1 Å². The maximum absolute atomic E-state index is 12.0. The van der Waals surface area contributed by atoms with Crippen molar-refractivity contribution in [2.75, 3.05) is 13.7 Å². The lowest BCUT2D eigenvalue weighted by Crippen LogP contribution is -2.30. The summed E-state index contributed by atoms with van der Waals surface area (Å²) in [6.45, 7) is -0.0285. The molecule has 0 aliphatic carbocycles. The van der Waals surface area contributed by atoms with Crippen LogP contribution in [0, 0.1) is 0 Å². The minimum absolute atomic E-state index is 0.159. The molecule has 3 rings (SSSR count). The number of rotatable bonds is 7. The van der Waals surface area contributed by atoms with E-state index in [0.29, 0.717) is 11.3 Å². The number of nitrogens with one attached hydrogen (secondary N) is 1. The van der Waals surface area contributed by atoms with E-state index in [0.717, 1.165) is 16.7 Å². The molecular weight excluding hydrogens is 354 g/mol. The molecule has 0 heterocycles. The predicted molar refractivity (Wildman–Crippen MR) is 107 cm³/mol. The highest BCUT2D eigenvalue weighted by molar-refractivity contribution is 5.96. The minimum atomic E-state index is -0.492. The molecule has 0 fully saturated rings. The zero-order chi connectivity index (χ0) is 19.8. The van der Waals surface area contributed by atoms with Gasteiger partial charge in [-0.3, -0.25) is 9.59 Å². The molecule has 5 heteroatoms. The van der Waals surface area contributed by atoms with E-state index >= 15 is 0 Å². The Bertz CT molecular complexity index is 919. The maximum Gasteiger partial charge on any atom is 0.325 e. The van der Waals surface area contributed by atoms with Crippen LogP contribution in [0.2, 0.25) is 0 Å². The molecule has 0 aromatic heterocycles. The van der Waals surface area contributed by atoms with Crippen LogP contribution < -0.4 is 10.1 Å².